The van der Waals surface area contributed by atoms with Gasteiger partial charge in [0.25, 0.3) is 0 Å². The predicted molar refractivity (Wildman–Crippen MR) is 84.9 cm³/mol. The van der Waals surface area contributed by atoms with Gasteiger partial charge < -0.3 is 15.2 Å². The van der Waals surface area contributed by atoms with Crippen molar-refractivity contribution >= 4 is 27.3 Å². The second kappa shape index (κ2) is 5.76. The Kier molecular flexibility index (Phi) is 4.01. The largest absolute Gasteiger partial charge is 0.486 e. The van der Waals surface area contributed by atoms with Gasteiger partial charge in [-0.15, -0.1) is 11.3 Å². The van der Waals surface area contributed by atoms with Crippen LogP contribution in [0.25, 0.3) is 0 Å². The summed E-state index contributed by atoms with van der Waals surface area (Å²) < 4.78 is 12.2. The number of halogens is 1. The summed E-state index contributed by atoms with van der Waals surface area (Å²) in [5, 5.41) is 0. The molecule has 3 rings (SSSR count). The van der Waals surface area contributed by atoms with E-state index in [0.717, 1.165) is 28.0 Å². The van der Waals surface area contributed by atoms with Crippen LogP contribution in [-0.2, 0) is 6.42 Å². The number of nitrogens with two attached hydrogens (primary N) is 1. The quantitative estimate of drug-likeness (QED) is 0.910. The van der Waals surface area contributed by atoms with Crippen LogP contribution in [-0.4, -0.2) is 13.2 Å². The molecule has 1 aromatic heterocycles. The second-order valence-electron chi connectivity index (χ2n) is 4.65. The fourth-order valence-corrected chi connectivity index (χ4v) is 3.77. The summed E-state index contributed by atoms with van der Waals surface area (Å²) in [5.74, 6) is 1.55. The third kappa shape index (κ3) is 2.57. The van der Waals surface area contributed by atoms with E-state index in [1.54, 1.807) is 11.3 Å². The Morgan fingerprint density at radius 2 is 1.95 bits per heavy atom. The Labute approximate surface area is 130 Å². The van der Waals surface area contributed by atoms with Crippen LogP contribution < -0.4 is 15.2 Å². The van der Waals surface area contributed by atoms with Crippen molar-refractivity contribution in [1.82, 2.24) is 0 Å². The molecule has 20 heavy (non-hydrogen) atoms. The third-order valence-electron chi connectivity index (χ3n) is 3.33. The average Bonchev–Trinajstić information content (AvgIpc) is 2.94. The van der Waals surface area contributed by atoms with E-state index in [1.165, 1.54) is 9.75 Å². The van der Waals surface area contributed by atoms with Gasteiger partial charge in [0.1, 0.15) is 13.2 Å². The second-order valence-corrected chi connectivity index (χ2v) is 6.71. The molecule has 1 aromatic carbocycles. The first-order valence-electron chi connectivity index (χ1n) is 6.62. The van der Waals surface area contributed by atoms with Crippen molar-refractivity contribution in [2.45, 2.75) is 19.4 Å². The molecule has 1 atom stereocenters. The van der Waals surface area contributed by atoms with Crippen LogP contribution in [0.3, 0.4) is 0 Å². The van der Waals surface area contributed by atoms with E-state index in [9.17, 15) is 0 Å². The van der Waals surface area contributed by atoms with Gasteiger partial charge in [-0.1, -0.05) is 22.9 Å². The Hall–Kier alpha value is -1.04. The van der Waals surface area contributed by atoms with Gasteiger partial charge in [-0.2, -0.15) is 0 Å². The van der Waals surface area contributed by atoms with Crippen LogP contribution in [0.1, 0.15) is 28.3 Å². The molecule has 5 heteroatoms. The maximum Gasteiger partial charge on any atom is 0.162 e. The van der Waals surface area contributed by atoms with Gasteiger partial charge in [-0.3, -0.25) is 0 Å². The fourth-order valence-electron chi connectivity index (χ4n) is 2.22. The molecule has 0 saturated carbocycles. The van der Waals surface area contributed by atoms with E-state index in [2.05, 4.69) is 35.0 Å². The maximum atomic E-state index is 6.40. The molecular weight excluding hydrogens is 338 g/mol. The van der Waals surface area contributed by atoms with Crippen molar-refractivity contribution in [2.24, 2.45) is 5.73 Å². The topological polar surface area (TPSA) is 44.5 Å². The van der Waals surface area contributed by atoms with Gasteiger partial charge in [0.15, 0.2) is 11.5 Å². The normalized spacial score (nSPS) is 15.2. The zero-order valence-electron chi connectivity index (χ0n) is 11.2. The summed E-state index contributed by atoms with van der Waals surface area (Å²) in [4.78, 5) is 2.52. The highest BCUT2D eigenvalue weighted by Gasteiger charge is 2.20. The van der Waals surface area contributed by atoms with Gasteiger partial charge in [-0.05, 0) is 36.2 Å². The van der Waals surface area contributed by atoms with Crippen LogP contribution in [0.5, 0.6) is 11.5 Å². The lowest BCUT2D eigenvalue weighted by atomic mass is 10.1. The molecule has 106 valence electrons. The zero-order valence-corrected chi connectivity index (χ0v) is 13.6. The van der Waals surface area contributed by atoms with Crippen molar-refractivity contribution < 1.29 is 9.47 Å². The highest BCUT2D eigenvalue weighted by atomic mass is 79.9. The number of fused-ring (bicyclic) bond motifs is 1. The molecule has 0 fully saturated rings. The summed E-state index contributed by atoms with van der Waals surface area (Å²) in [6.07, 6.45) is 1.04. The van der Waals surface area contributed by atoms with E-state index in [0.29, 0.717) is 13.2 Å². The first kappa shape index (κ1) is 13.9. The third-order valence-corrected chi connectivity index (χ3v) is 5.33. The maximum absolute atomic E-state index is 6.40. The lowest BCUT2D eigenvalue weighted by Gasteiger charge is -2.21. The summed E-state index contributed by atoms with van der Waals surface area (Å²) in [6.45, 7) is 3.33. The lowest BCUT2D eigenvalue weighted by Crippen LogP contribution is -2.17. The van der Waals surface area contributed by atoms with E-state index in [4.69, 9.17) is 15.2 Å². The number of ether oxygens (including phenoxy) is 2. The molecule has 0 spiro atoms. The smallest absolute Gasteiger partial charge is 0.162 e. The molecule has 3 nitrogen and oxygen atoms in total. The zero-order chi connectivity index (χ0) is 14.1. The molecule has 0 radical (unpaired) electrons. The van der Waals surface area contributed by atoms with E-state index < -0.39 is 0 Å². The minimum Gasteiger partial charge on any atom is -0.486 e. The molecule has 0 bridgehead atoms. The molecule has 2 aromatic rings. The Bertz CT molecular complexity index is 626. The van der Waals surface area contributed by atoms with Crippen LogP contribution in [0.15, 0.2) is 28.7 Å². The monoisotopic (exact) mass is 353 g/mol. The average molecular weight is 354 g/mol. The van der Waals surface area contributed by atoms with Crippen molar-refractivity contribution in [3.05, 3.63) is 44.1 Å². The highest BCUT2D eigenvalue weighted by molar-refractivity contribution is 9.10. The summed E-state index contributed by atoms with van der Waals surface area (Å²) in [6, 6.07) is 8.03. The van der Waals surface area contributed by atoms with Crippen LogP contribution in [0.4, 0.5) is 0 Å². The number of rotatable bonds is 3. The standard InChI is InChI=1S/C15H16BrNO2S/c1-2-9-3-4-14(20-9)15(17)10-7-12-13(8-11(10)16)19-6-5-18-12/h3-4,7-8,15H,2,5-6,17H2,1H3. The molecule has 2 N–H and O–H groups in total. The van der Waals surface area contributed by atoms with Gasteiger partial charge in [-0.25, -0.2) is 0 Å². The first-order valence-corrected chi connectivity index (χ1v) is 8.23. The first-order chi connectivity index (χ1) is 9.69. The van der Waals surface area contributed by atoms with Crippen molar-refractivity contribution in [3.8, 4) is 11.5 Å². The fraction of sp³-hybridized carbons (Fsp3) is 0.333. The molecule has 0 aliphatic carbocycles. The highest BCUT2D eigenvalue weighted by Crippen LogP contribution is 2.39. The van der Waals surface area contributed by atoms with Crippen LogP contribution in [0, 0.1) is 0 Å². The molecule has 1 aliphatic heterocycles. The summed E-state index contributed by atoms with van der Waals surface area (Å²) in [7, 11) is 0. The minimum absolute atomic E-state index is 0.148. The lowest BCUT2D eigenvalue weighted by molar-refractivity contribution is 0.171. The number of hydrogen-bond acceptors (Lipinski definition) is 4. The number of aryl methyl sites for hydroxylation is 1. The molecule has 1 unspecified atom stereocenters. The van der Waals surface area contributed by atoms with Crippen molar-refractivity contribution in [2.75, 3.05) is 13.2 Å². The minimum atomic E-state index is -0.148. The molecule has 0 saturated heterocycles. The molecular formula is C15H16BrNO2S. The van der Waals surface area contributed by atoms with E-state index in [-0.39, 0.29) is 6.04 Å². The Balaban J connectivity index is 1.96. The van der Waals surface area contributed by atoms with E-state index in [1.807, 2.05) is 12.1 Å². The van der Waals surface area contributed by atoms with Crippen molar-refractivity contribution in [3.63, 3.8) is 0 Å². The molecule has 1 aliphatic rings. The Morgan fingerprint density at radius 3 is 2.60 bits per heavy atom. The van der Waals surface area contributed by atoms with Gasteiger partial charge in [0, 0.05) is 14.2 Å². The van der Waals surface area contributed by atoms with E-state index >= 15 is 0 Å². The number of thiophene rings is 1. The molecule has 0 amide bonds. The molecule has 2 heterocycles. The number of benzene rings is 1. The van der Waals surface area contributed by atoms with Gasteiger partial charge >= 0.3 is 0 Å². The van der Waals surface area contributed by atoms with Gasteiger partial charge in [0.05, 0.1) is 6.04 Å². The summed E-state index contributed by atoms with van der Waals surface area (Å²) in [5.41, 5.74) is 7.43. The van der Waals surface area contributed by atoms with Crippen molar-refractivity contribution in [1.29, 1.82) is 0 Å². The van der Waals surface area contributed by atoms with Crippen LogP contribution in [0.2, 0.25) is 0 Å². The SMILES string of the molecule is CCc1ccc(C(N)c2cc3c(cc2Br)OCCO3)s1. The Morgan fingerprint density at radius 1 is 1.25 bits per heavy atom. The van der Waals surface area contributed by atoms with Crippen LogP contribution >= 0.6 is 27.3 Å². The number of hydrogen-bond donors (Lipinski definition) is 1. The predicted octanol–water partition coefficient (Wildman–Crippen LogP) is 3.89. The summed E-state index contributed by atoms with van der Waals surface area (Å²) >= 11 is 5.35. The van der Waals surface area contributed by atoms with Gasteiger partial charge in [0.2, 0.25) is 0 Å².